The van der Waals surface area contributed by atoms with Gasteiger partial charge in [0.1, 0.15) is 4.21 Å². The van der Waals surface area contributed by atoms with Crippen LogP contribution in [0, 0.1) is 0 Å². The van der Waals surface area contributed by atoms with Crippen LogP contribution in [0.2, 0.25) is 10.0 Å². The Bertz CT molecular complexity index is 912. The van der Waals surface area contributed by atoms with E-state index in [1.54, 1.807) is 42.6 Å². The first-order chi connectivity index (χ1) is 12.8. The summed E-state index contributed by atoms with van der Waals surface area (Å²) in [6.45, 7) is 3.42. The fourth-order valence-corrected chi connectivity index (χ4v) is 5.79. The summed E-state index contributed by atoms with van der Waals surface area (Å²) < 4.78 is 27.0. The maximum Gasteiger partial charge on any atom is 0.252 e. The van der Waals surface area contributed by atoms with Gasteiger partial charge in [-0.1, -0.05) is 35.3 Å². The number of hydrogen-bond donors (Lipinski definition) is 1. The number of carbonyl (C=O) groups is 1. The minimum absolute atomic E-state index is 0.214. The van der Waals surface area contributed by atoms with Crippen molar-refractivity contribution in [3.8, 4) is 0 Å². The van der Waals surface area contributed by atoms with Crippen molar-refractivity contribution >= 4 is 56.2 Å². The molecule has 1 aliphatic heterocycles. The third-order valence-electron chi connectivity index (χ3n) is 4.50. The van der Waals surface area contributed by atoms with E-state index in [1.807, 2.05) is 4.90 Å². The number of benzene rings is 1. The molecule has 1 atom stereocenters. The van der Waals surface area contributed by atoms with E-state index in [0.29, 0.717) is 46.1 Å². The predicted octanol–water partition coefficient (Wildman–Crippen LogP) is 3.39. The van der Waals surface area contributed by atoms with Crippen LogP contribution in [0.25, 0.3) is 0 Å². The maximum absolute atomic E-state index is 12.6. The molecule has 27 heavy (non-hydrogen) atoms. The molecule has 2 aromatic rings. The second kappa shape index (κ2) is 8.46. The number of halogens is 2. The number of anilines is 1. The fourth-order valence-electron chi connectivity index (χ4n) is 2.87. The molecular weight excluding hydrogens is 429 g/mol. The average Bonchev–Trinajstić information content (AvgIpc) is 3.20. The number of rotatable bonds is 5. The number of nitrogens with zero attached hydrogens (tertiary/aromatic N) is 2. The zero-order valence-electron chi connectivity index (χ0n) is 14.6. The quantitative estimate of drug-likeness (QED) is 0.762. The molecule has 1 aromatic carbocycles. The zero-order valence-corrected chi connectivity index (χ0v) is 17.7. The van der Waals surface area contributed by atoms with Crippen molar-refractivity contribution in [1.29, 1.82) is 0 Å². The lowest BCUT2D eigenvalue weighted by atomic mass is 10.2. The molecule has 0 aliphatic carbocycles. The van der Waals surface area contributed by atoms with Crippen molar-refractivity contribution in [3.05, 3.63) is 45.8 Å². The lowest BCUT2D eigenvalue weighted by Crippen LogP contribution is -2.53. The molecule has 0 saturated carbocycles. The van der Waals surface area contributed by atoms with Gasteiger partial charge in [0, 0.05) is 26.2 Å². The van der Waals surface area contributed by atoms with E-state index in [4.69, 9.17) is 23.2 Å². The highest BCUT2D eigenvalue weighted by Gasteiger charge is 2.32. The molecular formula is C17H19Cl2N3O3S2. The molecule has 1 saturated heterocycles. The second-order valence-corrected chi connectivity index (χ2v) is 10.0. The number of carbonyl (C=O) groups excluding carboxylic acids is 1. The Kier molecular flexibility index (Phi) is 6.45. The first-order valence-corrected chi connectivity index (χ1v) is 11.4. The summed E-state index contributed by atoms with van der Waals surface area (Å²) in [6, 6.07) is 7.95. The highest BCUT2D eigenvalue weighted by atomic mass is 35.5. The topological polar surface area (TPSA) is 69.7 Å². The zero-order chi connectivity index (χ0) is 19.6. The molecule has 3 rings (SSSR count). The van der Waals surface area contributed by atoms with E-state index in [2.05, 4.69) is 5.32 Å². The Hall–Kier alpha value is -1.16. The van der Waals surface area contributed by atoms with Crippen LogP contribution >= 0.6 is 34.5 Å². The van der Waals surface area contributed by atoms with Crippen LogP contribution in [0.5, 0.6) is 0 Å². The molecule has 2 heterocycles. The van der Waals surface area contributed by atoms with Crippen LogP contribution in [0.4, 0.5) is 5.69 Å². The standard InChI is InChI=1S/C17H19Cl2N3O3S2/c1-12(17(23)20-14-5-2-4-13(18)16(14)19)21-7-9-22(10-8-21)27(24,25)15-6-3-11-26-15/h2-6,11-12H,7-10H2,1H3,(H,20,23). The number of hydrogen-bond acceptors (Lipinski definition) is 5. The van der Waals surface area contributed by atoms with Gasteiger partial charge in [-0.25, -0.2) is 8.42 Å². The second-order valence-electron chi connectivity index (χ2n) is 6.14. The van der Waals surface area contributed by atoms with E-state index in [-0.39, 0.29) is 5.91 Å². The first kappa shape index (κ1) is 20.6. The van der Waals surface area contributed by atoms with Crippen LogP contribution in [0.3, 0.4) is 0 Å². The van der Waals surface area contributed by atoms with Gasteiger partial charge in [0.05, 0.1) is 21.8 Å². The summed E-state index contributed by atoms with van der Waals surface area (Å²) in [5, 5.41) is 5.20. The third-order valence-corrected chi connectivity index (χ3v) is 8.59. The summed E-state index contributed by atoms with van der Waals surface area (Å²) in [4.78, 5) is 14.5. The van der Waals surface area contributed by atoms with E-state index < -0.39 is 16.1 Å². The summed E-state index contributed by atoms with van der Waals surface area (Å²) in [5.41, 5.74) is 0.458. The van der Waals surface area contributed by atoms with Gasteiger partial charge in [-0.3, -0.25) is 9.69 Å². The molecule has 1 aliphatic rings. The minimum atomic E-state index is -3.45. The average molecular weight is 448 g/mol. The highest BCUT2D eigenvalue weighted by Crippen LogP contribution is 2.30. The molecule has 1 unspecified atom stereocenters. The van der Waals surface area contributed by atoms with Crippen molar-refractivity contribution in [2.45, 2.75) is 17.2 Å². The number of piperazine rings is 1. The number of amides is 1. The SMILES string of the molecule is CC(C(=O)Nc1cccc(Cl)c1Cl)N1CCN(S(=O)(=O)c2cccs2)CC1. The fraction of sp³-hybridized carbons (Fsp3) is 0.353. The summed E-state index contributed by atoms with van der Waals surface area (Å²) in [6.07, 6.45) is 0. The third kappa shape index (κ3) is 4.47. The monoisotopic (exact) mass is 447 g/mol. The van der Waals surface area contributed by atoms with Crippen LogP contribution in [-0.2, 0) is 14.8 Å². The molecule has 6 nitrogen and oxygen atoms in total. The molecule has 1 aromatic heterocycles. The minimum Gasteiger partial charge on any atom is -0.323 e. The van der Waals surface area contributed by atoms with Gasteiger partial charge in [-0.2, -0.15) is 4.31 Å². The summed E-state index contributed by atoms with van der Waals surface area (Å²) in [5.74, 6) is -0.214. The van der Waals surface area contributed by atoms with Crippen molar-refractivity contribution in [1.82, 2.24) is 9.21 Å². The van der Waals surface area contributed by atoms with Gasteiger partial charge in [-0.05, 0) is 30.5 Å². The molecule has 0 radical (unpaired) electrons. The Morgan fingerprint density at radius 2 is 1.85 bits per heavy atom. The first-order valence-electron chi connectivity index (χ1n) is 8.33. The van der Waals surface area contributed by atoms with Crippen molar-refractivity contribution in [2.75, 3.05) is 31.5 Å². The van der Waals surface area contributed by atoms with Gasteiger partial charge in [0.25, 0.3) is 10.0 Å². The van der Waals surface area contributed by atoms with Gasteiger partial charge in [0.2, 0.25) is 5.91 Å². The molecule has 0 bridgehead atoms. The molecule has 0 spiro atoms. The van der Waals surface area contributed by atoms with Crippen molar-refractivity contribution in [2.24, 2.45) is 0 Å². The van der Waals surface area contributed by atoms with Gasteiger partial charge in [0.15, 0.2) is 0 Å². The lowest BCUT2D eigenvalue weighted by Gasteiger charge is -2.36. The Morgan fingerprint density at radius 3 is 2.48 bits per heavy atom. The summed E-state index contributed by atoms with van der Waals surface area (Å²) in [7, 11) is -3.45. The van der Waals surface area contributed by atoms with E-state index in [9.17, 15) is 13.2 Å². The predicted molar refractivity (Wildman–Crippen MR) is 109 cm³/mol. The normalized spacial score (nSPS) is 17.6. The Morgan fingerprint density at radius 1 is 1.15 bits per heavy atom. The smallest absolute Gasteiger partial charge is 0.252 e. The highest BCUT2D eigenvalue weighted by molar-refractivity contribution is 7.91. The van der Waals surface area contributed by atoms with Crippen molar-refractivity contribution in [3.63, 3.8) is 0 Å². The van der Waals surface area contributed by atoms with Crippen LogP contribution < -0.4 is 5.32 Å². The molecule has 1 fully saturated rings. The van der Waals surface area contributed by atoms with Gasteiger partial charge >= 0.3 is 0 Å². The van der Waals surface area contributed by atoms with Crippen LogP contribution in [0.15, 0.2) is 39.9 Å². The maximum atomic E-state index is 12.6. The number of sulfonamides is 1. The molecule has 146 valence electrons. The van der Waals surface area contributed by atoms with Gasteiger partial charge in [-0.15, -0.1) is 11.3 Å². The summed E-state index contributed by atoms with van der Waals surface area (Å²) >= 11 is 13.3. The Labute approximate surface area is 172 Å². The van der Waals surface area contributed by atoms with Crippen molar-refractivity contribution < 1.29 is 13.2 Å². The largest absolute Gasteiger partial charge is 0.323 e. The Balaban J connectivity index is 1.60. The molecule has 10 heteroatoms. The van der Waals surface area contributed by atoms with Crippen LogP contribution in [-0.4, -0.2) is 55.8 Å². The van der Waals surface area contributed by atoms with E-state index in [1.165, 1.54) is 15.6 Å². The van der Waals surface area contributed by atoms with Gasteiger partial charge < -0.3 is 5.32 Å². The lowest BCUT2D eigenvalue weighted by molar-refractivity contribution is -0.121. The molecule has 1 amide bonds. The van der Waals surface area contributed by atoms with E-state index in [0.717, 1.165) is 0 Å². The molecule has 1 N–H and O–H groups in total. The van der Waals surface area contributed by atoms with Crippen LogP contribution in [0.1, 0.15) is 6.92 Å². The van der Waals surface area contributed by atoms with E-state index >= 15 is 0 Å². The number of nitrogens with one attached hydrogen (secondary N) is 1. The number of thiophene rings is 1.